The van der Waals surface area contributed by atoms with Gasteiger partial charge in [0.15, 0.2) is 0 Å². The third kappa shape index (κ3) is 6.37. The Hall–Kier alpha value is -2.77. The quantitative estimate of drug-likeness (QED) is 0.547. The Morgan fingerprint density at radius 2 is 1.90 bits per heavy atom. The minimum Gasteiger partial charge on any atom is -0.350 e. The molecule has 0 fully saturated rings. The molecule has 0 radical (unpaired) electrons. The zero-order chi connectivity index (χ0) is 20.6. The number of hydrogen-bond donors (Lipinski definition) is 2. The van der Waals surface area contributed by atoms with E-state index in [2.05, 4.69) is 20.8 Å². The van der Waals surface area contributed by atoms with Crippen molar-refractivity contribution in [2.24, 2.45) is 0 Å². The topological polar surface area (TPSA) is 84.0 Å². The van der Waals surface area contributed by atoms with Crippen molar-refractivity contribution in [2.75, 3.05) is 5.32 Å². The maximum atomic E-state index is 12.3. The van der Waals surface area contributed by atoms with E-state index in [-0.39, 0.29) is 22.9 Å². The fraction of sp³-hybridized carbons (Fsp3) is 0.238. The van der Waals surface area contributed by atoms with Crippen molar-refractivity contribution >= 4 is 40.4 Å². The number of anilines is 1. The lowest BCUT2D eigenvalue weighted by atomic mass is 10.1. The Morgan fingerprint density at radius 3 is 2.66 bits per heavy atom. The Labute approximate surface area is 178 Å². The number of benzene rings is 2. The second-order valence-electron chi connectivity index (χ2n) is 6.52. The van der Waals surface area contributed by atoms with Gasteiger partial charge >= 0.3 is 0 Å². The van der Waals surface area contributed by atoms with Gasteiger partial charge in [0, 0.05) is 23.6 Å². The molecule has 0 aliphatic heterocycles. The normalized spacial score (nSPS) is 11.7. The van der Waals surface area contributed by atoms with Gasteiger partial charge in [0.2, 0.25) is 10.9 Å². The minimum absolute atomic E-state index is 0.00945. The lowest BCUT2D eigenvalue weighted by Crippen LogP contribution is -2.26. The number of amides is 2. The Bertz CT molecular complexity index is 978. The van der Waals surface area contributed by atoms with Gasteiger partial charge in [-0.2, -0.15) is 0 Å². The molecule has 3 rings (SSSR count). The molecule has 2 N–H and O–H groups in total. The first-order chi connectivity index (χ1) is 14.0. The molecule has 0 aliphatic rings. The predicted molar refractivity (Wildman–Crippen MR) is 115 cm³/mol. The van der Waals surface area contributed by atoms with Crippen LogP contribution in [0.4, 0.5) is 5.69 Å². The highest BCUT2D eigenvalue weighted by molar-refractivity contribution is 7.13. The number of halogens is 1. The molecule has 0 bridgehead atoms. The third-order valence-corrected chi connectivity index (χ3v) is 5.43. The molecule has 8 heteroatoms. The van der Waals surface area contributed by atoms with Crippen LogP contribution < -0.4 is 10.6 Å². The highest BCUT2D eigenvalue weighted by Gasteiger charge is 2.14. The second kappa shape index (κ2) is 10.1. The van der Waals surface area contributed by atoms with E-state index in [1.807, 2.05) is 37.3 Å². The average molecular weight is 429 g/mol. The van der Waals surface area contributed by atoms with E-state index >= 15 is 0 Å². The summed E-state index contributed by atoms with van der Waals surface area (Å²) >= 11 is 7.15. The third-order valence-electron chi connectivity index (χ3n) is 4.22. The number of aromatic nitrogens is 2. The van der Waals surface area contributed by atoms with Crippen molar-refractivity contribution < 1.29 is 9.59 Å². The number of nitrogens with zero attached hydrogens (tertiary/aromatic N) is 2. The van der Waals surface area contributed by atoms with E-state index in [1.54, 1.807) is 24.3 Å². The molecular formula is C21H21ClN4O2S. The second-order valence-corrected chi connectivity index (χ2v) is 8.02. The first-order valence-electron chi connectivity index (χ1n) is 9.25. The molecular weight excluding hydrogens is 408 g/mol. The van der Waals surface area contributed by atoms with Crippen LogP contribution in [0.1, 0.15) is 46.2 Å². The average Bonchev–Trinajstić information content (AvgIpc) is 3.18. The molecule has 29 heavy (non-hydrogen) atoms. The largest absolute Gasteiger partial charge is 0.350 e. The van der Waals surface area contributed by atoms with Crippen molar-refractivity contribution in [3.63, 3.8) is 0 Å². The number of carbonyl (C=O) groups is 2. The van der Waals surface area contributed by atoms with Gasteiger partial charge in [-0.15, -0.1) is 10.2 Å². The summed E-state index contributed by atoms with van der Waals surface area (Å²) < 4.78 is 0. The number of aryl methyl sites for hydroxylation is 1. The van der Waals surface area contributed by atoms with Crippen molar-refractivity contribution in [1.82, 2.24) is 15.5 Å². The van der Waals surface area contributed by atoms with Crippen LogP contribution in [0.3, 0.4) is 0 Å². The molecule has 0 saturated carbocycles. The van der Waals surface area contributed by atoms with Gasteiger partial charge in [0.05, 0.1) is 6.04 Å². The van der Waals surface area contributed by atoms with E-state index in [1.165, 1.54) is 11.3 Å². The summed E-state index contributed by atoms with van der Waals surface area (Å²) in [6.07, 6.45) is 1.62. The van der Waals surface area contributed by atoms with Gasteiger partial charge in [-0.05, 0) is 37.1 Å². The Balaban J connectivity index is 1.44. The summed E-state index contributed by atoms with van der Waals surface area (Å²) in [5, 5.41) is 15.3. The van der Waals surface area contributed by atoms with E-state index < -0.39 is 0 Å². The molecule has 1 aromatic heterocycles. The number of carbonyl (C=O) groups excluding carboxylic acids is 2. The van der Waals surface area contributed by atoms with Crippen LogP contribution in [0, 0.1) is 0 Å². The van der Waals surface area contributed by atoms with E-state index in [4.69, 9.17) is 11.6 Å². The molecule has 1 atom stereocenters. The minimum atomic E-state index is -0.328. The Kier molecular flexibility index (Phi) is 7.32. The van der Waals surface area contributed by atoms with Crippen LogP contribution in [-0.4, -0.2) is 22.0 Å². The smallest absolute Gasteiger partial charge is 0.286 e. The SMILES string of the molecule is C[C@H](NC(=O)CCCc1nnc(C(=O)Nc2cccc(Cl)c2)s1)c1ccccc1. The molecule has 2 amide bonds. The maximum Gasteiger partial charge on any atom is 0.286 e. The maximum absolute atomic E-state index is 12.3. The number of rotatable bonds is 8. The van der Waals surface area contributed by atoms with Crippen LogP contribution in [0.5, 0.6) is 0 Å². The van der Waals surface area contributed by atoms with E-state index in [0.717, 1.165) is 10.6 Å². The fourth-order valence-electron chi connectivity index (χ4n) is 2.74. The van der Waals surface area contributed by atoms with Crippen LogP contribution in [-0.2, 0) is 11.2 Å². The summed E-state index contributed by atoms with van der Waals surface area (Å²) in [6.45, 7) is 1.96. The van der Waals surface area contributed by atoms with Gasteiger partial charge < -0.3 is 10.6 Å². The molecule has 6 nitrogen and oxygen atoms in total. The first-order valence-corrected chi connectivity index (χ1v) is 10.4. The summed E-state index contributed by atoms with van der Waals surface area (Å²) in [6, 6.07) is 16.7. The molecule has 2 aromatic carbocycles. The van der Waals surface area contributed by atoms with Gasteiger partial charge in [0.25, 0.3) is 5.91 Å². The fourth-order valence-corrected chi connectivity index (χ4v) is 3.70. The van der Waals surface area contributed by atoms with Crippen LogP contribution in [0.15, 0.2) is 54.6 Å². The highest BCUT2D eigenvalue weighted by Crippen LogP contribution is 2.18. The summed E-state index contributed by atoms with van der Waals surface area (Å²) in [7, 11) is 0. The molecule has 1 heterocycles. The molecule has 0 saturated heterocycles. The number of hydrogen-bond acceptors (Lipinski definition) is 5. The molecule has 150 valence electrons. The summed E-state index contributed by atoms with van der Waals surface area (Å²) in [5.74, 6) is -0.338. The summed E-state index contributed by atoms with van der Waals surface area (Å²) in [5.41, 5.74) is 1.67. The zero-order valence-corrected chi connectivity index (χ0v) is 17.5. The number of nitrogens with one attached hydrogen (secondary N) is 2. The molecule has 0 spiro atoms. The van der Waals surface area contributed by atoms with Crippen LogP contribution in [0.25, 0.3) is 0 Å². The highest BCUT2D eigenvalue weighted by atomic mass is 35.5. The monoisotopic (exact) mass is 428 g/mol. The van der Waals surface area contributed by atoms with Gasteiger partial charge in [0.1, 0.15) is 5.01 Å². The molecule has 0 aliphatic carbocycles. The zero-order valence-electron chi connectivity index (χ0n) is 15.9. The van der Waals surface area contributed by atoms with Crippen LogP contribution in [0.2, 0.25) is 5.02 Å². The van der Waals surface area contributed by atoms with Crippen molar-refractivity contribution in [2.45, 2.75) is 32.2 Å². The van der Waals surface area contributed by atoms with Gasteiger partial charge in [-0.3, -0.25) is 9.59 Å². The first kappa shape index (κ1) is 21.0. The lowest BCUT2D eigenvalue weighted by Gasteiger charge is -2.14. The standard InChI is InChI=1S/C21H21ClN4O2S/c1-14(15-7-3-2-4-8-15)23-18(27)11-6-12-19-25-26-21(29-19)20(28)24-17-10-5-9-16(22)13-17/h2-5,7-10,13-14H,6,11-12H2,1H3,(H,23,27)(H,24,28)/t14-/m0/s1. The van der Waals surface area contributed by atoms with Crippen molar-refractivity contribution in [3.05, 3.63) is 75.2 Å². The molecule has 0 unspecified atom stereocenters. The molecule has 3 aromatic rings. The predicted octanol–water partition coefficient (Wildman–Crippen LogP) is 4.64. The lowest BCUT2D eigenvalue weighted by molar-refractivity contribution is -0.121. The van der Waals surface area contributed by atoms with Gasteiger partial charge in [-0.1, -0.05) is 59.3 Å². The van der Waals surface area contributed by atoms with Crippen molar-refractivity contribution in [3.8, 4) is 0 Å². The Morgan fingerprint density at radius 1 is 1.10 bits per heavy atom. The van der Waals surface area contributed by atoms with E-state index in [9.17, 15) is 9.59 Å². The summed E-state index contributed by atoms with van der Waals surface area (Å²) in [4.78, 5) is 24.4. The van der Waals surface area contributed by atoms with Crippen LogP contribution >= 0.6 is 22.9 Å². The van der Waals surface area contributed by atoms with Crippen molar-refractivity contribution in [1.29, 1.82) is 0 Å². The van der Waals surface area contributed by atoms with Gasteiger partial charge in [-0.25, -0.2) is 0 Å². The van der Waals surface area contributed by atoms with E-state index in [0.29, 0.717) is 30.0 Å².